The van der Waals surface area contributed by atoms with Gasteiger partial charge in [-0.1, -0.05) is 18.6 Å². The number of carbonyl (C=O) groups is 1. The number of carbonyl (C=O) groups excluding carboxylic acids is 1. The first-order chi connectivity index (χ1) is 11.5. The number of nitrogens with zero attached hydrogens (tertiary/aromatic N) is 1. The van der Waals surface area contributed by atoms with E-state index in [0.29, 0.717) is 18.7 Å². The molecule has 0 amide bonds. The van der Waals surface area contributed by atoms with Crippen LogP contribution in [0.1, 0.15) is 44.1 Å². The van der Waals surface area contributed by atoms with Gasteiger partial charge < -0.3 is 4.74 Å². The quantitative estimate of drug-likeness (QED) is 0.619. The molecule has 5 nitrogen and oxygen atoms in total. The van der Waals surface area contributed by atoms with Crippen molar-refractivity contribution >= 4 is 27.8 Å². The lowest BCUT2D eigenvalue weighted by Gasteiger charge is -2.20. The molecule has 0 spiro atoms. The lowest BCUT2D eigenvalue weighted by Crippen LogP contribution is -2.24. The molecule has 1 aromatic rings. The number of anilines is 1. The fraction of sp³-hybridized carbons (Fsp3) is 0.500. The van der Waals surface area contributed by atoms with Gasteiger partial charge in [0.15, 0.2) is 0 Å². The zero-order valence-corrected chi connectivity index (χ0v) is 14.5. The van der Waals surface area contributed by atoms with E-state index in [9.17, 15) is 13.2 Å². The molecule has 1 aromatic carbocycles. The van der Waals surface area contributed by atoms with Crippen molar-refractivity contribution in [2.24, 2.45) is 0 Å². The van der Waals surface area contributed by atoms with E-state index in [4.69, 9.17) is 4.74 Å². The van der Waals surface area contributed by atoms with Crippen LogP contribution in [0.5, 0.6) is 0 Å². The summed E-state index contributed by atoms with van der Waals surface area (Å²) in [6.07, 6.45) is 9.25. The predicted molar refractivity (Wildman–Crippen MR) is 94.2 cm³/mol. The number of sulfonamides is 1. The highest BCUT2D eigenvalue weighted by atomic mass is 32.2. The van der Waals surface area contributed by atoms with Gasteiger partial charge in [-0.3, -0.25) is 4.31 Å². The molecule has 1 heterocycles. The van der Waals surface area contributed by atoms with Crippen LogP contribution in [0.2, 0.25) is 0 Å². The van der Waals surface area contributed by atoms with Gasteiger partial charge in [0.2, 0.25) is 10.0 Å². The number of benzene rings is 1. The topological polar surface area (TPSA) is 63.7 Å². The second-order valence-corrected chi connectivity index (χ2v) is 8.38. The van der Waals surface area contributed by atoms with E-state index >= 15 is 0 Å². The Morgan fingerprint density at radius 1 is 1.08 bits per heavy atom. The highest BCUT2D eigenvalue weighted by Crippen LogP contribution is 2.24. The number of esters is 1. The number of hydrogen-bond acceptors (Lipinski definition) is 4. The highest BCUT2D eigenvalue weighted by Gasteiger charge is 2.28. The van der Waals surface area contributed by atoms with Crippen molar-refractivity contribution in [3.63, 3.8) is 0 Å². The lowest BCUT2D eigenvalue weighted by molar-refractivity contribution is -0.144. The summed E-state index contributed by atoms with van der Waals surface area (Å²) in [5.74, 6) is -0.102. The van der Waals surface area contributed by atoms with Gasteiger partial charge in [0.1, 0.15) is 6.10 Å². The molecule has 1 saturated heterocycles. The largest absolute Gasteiger partial charge is 0.459 e. The van der Waals surface area contributed by atoms with Crippen molar-refractivity contribution in [2.75, 3.05) is 16.6 Å². The minimum Gasteiger partial charge on any atom is -0.459 e. The van der Waals surface area contributed by atoms with Crippen LogP contribution >= 0.6 is 0 Å². The van der Waals surface area contributed by atoms with E-state index in [0.717, 1.165) is 31.2 Å². The molecule has 0 atom stereocenters. The Kier molecular flexibility index (Phi) is 5.23. The van der Waals surface area contributed by atoms with E-state index < -0.39 is 10.0 Å². The average Bonchev–Trinajstić information content (AvgIpc) is 2.94. The van der Waals surface area contributed by atoms with Gasteiger partial charge in [0.25, 0.3) is 0 Å². The monoisotopic (exact) mass is 349 g/mol. The van der Waals surface area contributed by atoms with Crippen LogP contribution in [0.25, 0.3) is 6.08 Å². The summed E-state index contributed by atoms with van der Waals surface area (Å²) >= 11 is 0. The van der Waals surface area contributed by atoms with E-state index in [1.165, 1.54) is 16.8 Å². The molecule has 0 aromatic heterocycles. The van der Waals surface area contributed by atoms with Gasteiger partial charge in [0, 0.05) is 12.6 Å². The third kappa shape index (κ3) is 4.17. The molecule has 1 saturated carbocycles. The van der Waals surface area contributed by atoms with E-state index in [1.54, 1.807) is 18.2 Å². The first-order valence-electron chi connectivity index (χ1n) is 8.54. The van der Waals surface area contributed by atoms with Crippen LogP contribution in [0.3, 0.4) is 0 Å². The zero-order chi connectivity index (χ0) is 17.0. The van der Waals surface area contributed by atoms with Crippen LogP contribution in [-0.4, -0.2) is 32.8 Å². The molecule has 0 unspecified atom stereocenters. The van der Waals surface area contributed by atoms with Crippen molar-refractivity contribution in [1.29, 1.82) is 0 Å². The SMILES string of the molecule is O=C(/C=C/c1ccc(N2CCCS2(=O)=O)cc1)OC1CCCCC1. The standard InChI is InChI=1S/C18H23NO4S/c20-18(23-17-5-2-1-3-6-17)12-9-15-7-10-16(11-8-15)19-13-4-14-24(19,21)22/h7-12,17H,1-6,13-14H2/b12-9+. The number of ether oxygens (including phenoxy) is 1. The lowest BCUT2D eigenvalue weighted by atomic mass is 9.98. The molecule has 2 fully saturated rings. The van der Waals surface area contributed by atoms with Gasteiger partial charge in [-0.2, -0.15) is 0 Å². The maximum absolute atomic E-state index is 11.9. The summed E-state index contributed by atoms with van der Waals surface area (Å²) in [5.41, 5.74) is 1.52. The summed E-state index contributed by atoms with van der Waals surface area (Å²) in [7, 11) is -3.15. The average molecular weight is 349 g/mol. The van der Waals surface area contributed by atoms with Gasteiger partial charge in [0.05, 0.1) is 11.4 Å². The molecule has 0 N–H and O–H groups in total. The van der Waals surface area contributed by atoms with Crippen LogP contribution < -0.4 is 4.31 Å². The first kappa shape index (κ1) is 17.0. The smallest absolute Gasteiger partial charge is 0.331 e. The first-order valence-corrected chi connectivity index (χ1v) is 10.1. The van der Waals surface area contributed by atoms with Crippen LogP contribution in [0.15, 0.2) is 30.3 Å². The Hall–Kier alpha value is -1.82. The van der Waals surface area contributed by atoms with Crippen LogP contribution in [0.4, 0.5) is 5.69 Å². The maximum atomic E-state index is 11.9. The zero-order valence-electron chi connectivity index (χ0n) is 13.7. The van der Waals surface area contributed by atoms with Crippen molar-refractivity contribution in [1.82, 2.24) is 0 Å². The molecule has 130 valence electrons. The molecule has 1 aliphatic heterocycles. The molecule has 3 rings (SSSR count). The highest BCUT2D eigenvalue weighted by molar-refractivity contribution is 7.93. The number of hydrogen-bond donors (Lipinski definition) is 0. The third-order valence-corrected chi connectivity index (χ3v) is 6.40. The fourth-order valence-corrected chi connectivity index (χ4v) is 4.80. The maximum Gasteiger partial charge on any atom is 0.331 e. The van der Waals surface area contributed by atoms with Gasteiger partial charge >= 0.3 is 5.97 Å². The number of rotatable bonds is 4. The molecule has 0 radical (unpaired) electrons. The van der Waals surface area contributed by atoms with Crippen molar-refractivity contribution in [3.05, 3.63) is 35.9 Å². The predicted octanol–water partition coefficient (Wildman–Crippen LogP) is 3.12. The molecular formula is C18H23NO4S. The molecule has 1 aliphatic carbocycles. The molecule has 6 heteroatoms. The van der Waals surface area contributed by atoms with Crippen LogP contribution in [-0.2, 0) is 19.6 Å². The van der Waals surface area contributed by atoms with Gasteiger partial charge in [-0.05, 0) is 55.9 Å². The third-order valence-electron chi connectivity index (χ3n) is 4.53. The van der Waals surface area contributed by atoms with Crippen molar-refractivity contribution in [3.8, 4) is 0 Å². The summed E-state index contributed by atoms with van der Waals surface area (Å²) in [6, 6.07) is 7.17. The Bertz CT molecular complexity index is 703. The summed E-state index contributed by atoms with van der Waals surface area (Å²) in [6.45, 7) is 0.533. The van der Waals surface area contributed by atoms with Crippen molar-refractivity contribution < 1.29 is 17.9 Å². The second-order valence-electron chi connectivity index (χ2n) is 6.36. The Morgan fingerprint density at radius 3 is 2.42 bits per heavy atom. The van der Waals surface area contributed by atoms with Gasteiger partial charge in [-0.25, -0.2) is 13.2 Å². The normalized spacial score (nSPS) is 21.2. The molecule has 0 bridgehead atoms. The van der Waals surface area contributed by atoms with E-state index in [-0.39, 0.29) is 17.8 Å². The summed E-state index contributed by atoms with van der Waals surface area (Å²) in [5, 5.41) is 0. The fourth-order valence-electron chi connectivity index (χ4n) is 3.23. The van der Waals surface area contributed by atoms with Crippen molar-refractivity contribution in [2.45, 2.75) is 44.6 Å². The molecule has 2 aliphatic rings. The molecular weight excluding hydrogens is 326 g/mol. The molecule has 24 heavy (non-hydrogen) atoms. The summed E-state index contributed by atoms with van der Waals surface area (Å²) < 4.78 is 30.7. The minimum atomic E-state index is -3.15. The van der Waals surface area contributed by atoms with E-state index in [1.807, 2.05) is 12.1 Å². The van der Waals surface area contributed by atoms with Crippen LogP contribution in [0, 0.1) is 0 Å². The van der Waals surface area contributed by atoms with E-state index in [2.05, 4.69) is 0 Å². The summed E-state index contributed by atoms with van der Waals surface area (Å²) in [4.78, 5) is 11.8. The minimum absolute atomic E-state index is 0.0543. The van der Waals surface area contributed by atoms with Gasteiger partial charge in [-0.15, -0.1) is 0 Å². The Labute approximate surface area is 143 Å². The second kappa shape index (κ2) is 7.38. The Balaban J connectivity index is 1.58. The Morgan fingerprint density at radius 2 is 1.79 bits per heavy atom.